The number of amides is 2. The molecule has 1 N–H and O–H groups in total. The van der Waals surface area contributed by atoms with Gasteiger partial charge in [0.2, 0.25) is 5.91 Å². The zero-order valence-electron chi connectivity index (χ0n) is 14.1. The molecule has 0 spiro atoms. The highest BCUT2D eigenvalue weighted by atomic mass is 79.9. The first-order valence-corrected chi connectivity index (χ1v) is 9.63. The van der Waals surface area contributed by atoms with E-state index in [-0.39, 0.29) is 17.6 Å². The first-order valence-electron chi connectivity index (χ1n) is 7.48. The summed E-state index contributed by atoms with van der Waals surface area (Å²) in [6, 6.07) is 10.8. The number of carbonyl (C=O) groups excluding carboxylic acids is 2. The lowest BCUT2D eigenvalue weighted by Gasteiger charge is -2.13. The molecular formula is C18H18BrClN2O2S. The summed E-state index contributed by atoms with van der Waals surface area (Å²) < 4.78 is 1.01. The van der Waals surface area contributed by atoms with E-state index in [0.717, 1.165) is 14.9 Å². The number of benzene rings is 2. The van der Waals surface area contributed by atoms with E-state index >= 15 is 0 Å². The Morgan fingerprint density at radius 2 is 1.92 bits per heavy atom. The monoisotopic (exact) mass is 440 g/mol. The van der Waals surface area contributed by atoms with Gasteiger partial charge in [0.05, 0.1) is 16.3 Å². The highest BCUT2D eigenvalue weighted by Crippen LogP contribution is 2.26. The molecule has 0 aliphatic carbocycles. The second-order valence-corrected chi connectivity index (χ2v) is 7.98. The quantitative estimate of drug-likeness (QED) is 0.675. The third-order valence-electron chi connectivity index (χ3n) is 3.38. The molecule has 2 aromatic carbocycles. The van der Waals surface area contributed by atoms with Crippen molar-refractivity contribution in [3.63, 3.8) is 0 Å². The molecule has 25 heavy (non-hydrogen) atoms. The van der Waals surface area contributed by atoms with Crippen LogP contribution >= 0.6 is 39.3 Å². The van der Waals surface area contributed by atoms with Gasteiger partial charge in [-0.15, -0.1) is 11.8 Å². The topological polar surface area (TPSA) is 49.4 Å². The molecule has 0 heterocycles. The molecule has 0 aliphatic heterocycles. The predicted octanol–water partition coefficient (Wildman–Crippen LogP) is 4.84. The average Bonchev–Trinajstić information content (AvgIpc) is 2.55. The molecule has 0 fully saturated rings. The number of thioether (sulfide) groups is 1. The normalized spacial score (nSPS) is 10.4. The van der Waals surface area contributed by atoms with E-state index in [1.807, 2.05) is 25.1 Å². The summed E-state index contributed by atoms with van der Waals surface area (Å²) in [7, 11) is 3.31. The summed E-state index contributed by atoms with van der Waals surface area (Å²) in [5.41, 5.74) is 2.02. The number of rotatable bonds is 5. The number of aryl methyl sites for hydroxylation is 1. The molecule has 0 aromatic heterocycles. The van der Waals surface area contributed by atoms with E-state index in [2.05, 4.69) is 21.2 Å². The smallest absolute Gasteiger partial charge is 0.254 e. The highest BCUT2D eigenvalue weighted by Gasteiger charge is 2.14. The van der Waals surface area contributed by atoms with E-state index in [9.17, 15) is 9.59 Å². The molecule has 0 atom stereocenters. The van der Waals surface area contributed by atoms with Gasteiger partial charge in [-0.2, -0.15) is 0 Å². The van der Waals surface area contributed by atoms with E-state index < -0.39 is 0 Å². The van der Waals surface area contributed by atoms with E-state index in [4.69, 9.17) is 11.6 Å². The lowest BCUT2D eigenvalue weighted by Crippen LogP contribution is -2.22. The zero-order valence-corrected chi connectivity index (χ0v) is 17.3. The number of halogens is 2. The van der Waals surface area contributed by atoms with Crippen LogP contribution in [-0.4, -0.2) is 36.6 Å². The maximum Gasteiger partial charge on any atom is 0.254 e. The highest BCUT2D eigenvalue weighted by molar-refractivity contribution is 9.10. The largest absolute Gasteiger partial charge is 0.345 e. The number of nitrogens with zero attached hydrogens (tertiary/aromatic N) is 1. The van der Waals surface area contributed by atoms with Gasteiger partial charge in [-0.25, -0.2) is 0 Å². The first kappa shape index (κ1) is 19.8. The van der Waals surface area contributed by atoms with Crippen LogP contribution < -0.4 is 5.32 Å². The standard InChI is InChI=1S/C18H18BrClN2O2S/c1-11-8-12(19)4-7-16(11)25-10-17(23)21-13-5-6-15(20)14(9-13)18(24)22(2)3/h4-9H,10H2,1-3H3,(H,21,23). The van der Waals surface area contributed by atoms with Gasteiger partial charge in [-0.1, -0.05) is 27.5 Å². The second-order valence-electron chi connectivity index (χ2n) is 5.64. The lowest BCUT2D eigenvalue weighted by molar-refractivity contribution is -0.113. The van der Waals surface area contributed by atoms with Gasteiger partial charge < -0.3 is 10.2 Å². The first-order chi connectivity index (χ1) is 11.8. The molecule has 0 unspecified atom stereocenters. The average molecular weight is 442 g/mol. The number of hydrogen-bond donors (Lipinski definition) is 1. The van der Waals surface area contributed by atoms with Crippen molar-refractivity contribution in [3.05, 3.63) is 57.0 Å². The molecule has 2 rings (SSSR count). The van der Waals surface area contributed by atoms with Crippen LogP contribution in [0.15, 0.2) is 45.8 Å². The van der Waals surface area contributed by atoms with E-state index in [1.165, 1.54) is 16.7 Å². The lowest BCUT2D eigenvalue weighted by atomic mass is 10.1. The fourth-order valence-electron chi connectivity index (χ4n) is 2.12. The maximum atomic E-state index is 12.2. The maximum absolute atomic E-state index is 12.2. The van der Waals surface area contributed by atoms with Gasteiger partial charge in [0.25, 0.3) is 5.91 Å². The zero-order chi connectivity index (χ0) is 18.6. The van der Waals surface area contributed by atoms with Crippen LogP contribution in [0.1, 0.15) is 15.9 Å². The molecule has 0 radical (unpaired) electrons. The van der Waals surface area contributed by atoms with Crippen LogP contribution in [0.25, 0.3) is 0 Å². The third kappa shape index (κ3) is 5.49. The Morgan fingerprint density at radius 1 is 1.20 bits per heavy atom. The van der Waals surface area contributed by atoms with Gasteiger partial charge in [0, 0.05) is 29.2 Å². The van der Waals surface area contributed by atoms with Gasteiger partial charge in [0.1, 0.15) is 0 Å². The Kier molecular flexibility index (Phi) is 6.93. The molecule has 0 bridgehead atoms. The molecular weight excluding hydrogens is 424 g/mol. The van der Waals surface area contributed by atoms with Gasteiger partial charge in [-0.3, -0.25) is 9.59 Å². The second kappa shape index (κ2) is 8.74. The van der Waals surface area contributed by atoms with Crippen molar-refractivity contribution < 1.29 is 9.59 Å². The van der Waals surface area contributed by atoms with Gasteiger partial charge in [0.15, 0.2) is 0 Å². The molecule has 0 saturated carbocycles. The van der Waals surface area contributed by atoms with E-state index in [0.29, 0.717) is 16.3 Å². The van der Waals surface area contributed by atoms with Crippen molar-refractivity contribution in [2.24, 2.45) is 0 Å². The number of nitrogens with one attached hydrogen (secondary N) is 1. The van der Waals surface area contributed by atoms with Crippen molar-refractivity contribution in [2.45, 2.75) is 11.8 Å². The number of carbonyl (C=O) groups is 2. The van der Waals surface area contributed by atoms with Crippen molar-refractivity contribution in [3.8, 4) is 0 Å². The Hall–Kier alpha value is -1.50. The van der Waals surface area contributed by atoms with Crippen molar-refractivity contribution >= 4 is 56.8 Å². The number of hydrogen-bond acceptors (Lipinski definition) is 3. The van der Waals surface area contributed by atoms with E-state index in [1.54, 1.807) is 32.3 Å². The van der Waals surface area contributed by atoms with Gasteiger partial charge >= 0.3 is 0 Å². The molecule has 0 aliphatic rings. The summed E-state index contributed by atoms with van der Waals surface area (Å²) in [5, 5.41) is 3.16. The Balaban J connectivity index is 2.03. The molecule has 2 amide bonds. The molecule has 0 saturated heterocycles. The van der Waals surface area contributed by atoms with Crippen LogP contribution in [0.2, 0.25) is 5.02 Å². The fourth-order valence-corrected chi connectivity index (χ4v) is 3.61. The van der Waals surface area contributed by atoms with Crippen LogP contribution in [0.5, 0.6) is 0 Å². The minimum Gasteiger partial charge on any atom is -0.345 e. The molecule has 7 heteroatoms. The third-order valence-corrected chi connectivity index (χ3v) is 5.38. The van der Waals surface area contributed by atoms with Crippen molar-refractivity contribution in [2.75, 3.05) is 25.2 Å². The molecule has 4 nitrogen and oxygen atoms in total. The summed E-state index contributed by atoms with van der Waals surface area (Å²) in [4.78, 5) is 26.8. The van der Waals surface area contributed by atoms with Crippen LogP contribution in [-0.2, 0) is 4.79 Å². The minimum absolute atomic E-state index is 0.141. The summed E-state index contributed by atoms with van der Waals surface area (Å²) in [6.45, 7) is 2.00. The summed E-state index contributed by atoms with van der Waals surface area (Å²) >= 11 is 11.0. The van der Waals surface area contributed by atoms with Crippen LogP contribution in [0.4, 0.5) is 5.69 Å². The predicted molar refractivity (Wildman–Crippen MR) is 108 cm³/mol. The molecule has 2 aromatic rings. The minimum atomic E-state index is -0.207. The Morgan fingerprint density at radius 3 is 2.56 bits per heavy atom. The Labute approximate surface area is 165 Å². The van der Waals surface area contributed by atoms with Crippen LogP contribution in [0.3, 0.4) is 0 Å². The molecule has 132 valence electrons. The van der Waals surface area contributed by atoms with Crippen molar-refractivity contribution in [1.82, 2.24) is 4.90 Å². The van der Waals surface area contributed by atoms with Gasteiger partial charge in [-0.05, 0) is 48.9 Å². The summed E-state index contributed by atoms with van der Waals surface area (Å²) in [5.74, 6) is -0.0685. The Bertz CT molecular complexity index is 812. The summed E-state index contributed by atoms with van der Waals surface area (Å²) in [6.07, 6.45) is 0. The fraction of sp³-hybridized carbons (Fsp3) is 0.222. The number of anilines is 1. The SMILES string of the molecule is Cc1cc(Br)ccc1SCC(=O)Nc1ccc(Cl)c(C(=O)N(C)C)c1. The van der Waals surface area contributed by atoms with Crippen LogP contribution in [0, 0.1) is 6.92 Å². The van der Waals surface area contributed by atoms with Crippen molar-refractivity contribution in [1.29, 1.82) is 0 Å².